The highest BCUT2D eigenvalue weighted by molar-refractivity contribution is 5.85. The molecule has 3 nitrogen and oxygen atoms in total. The van der Waals surface area contributed by atoms with Gasteiger partial charge in [0, 0.05) is 6.04 Å². The Hall–Kier alpha value is -1.04. The van der Waals surface area contributed by atoms with E-state index in [4.69, 9.17) is 0 Å². The first-order chi connectivity index (χ1) is 7.95. The lowest BCUT2D eigenvalue weighted by molar-refractivity contribution is -0.129. The molecule has 0 rings (SSSR count). The highest BCUT2D eigenvalue weighted by Crippen LogP contribution is 2.25. The second kappa shape index (κ2) is 7.32. The van der Waals surface area contributed by atoms with E-state index in [2.05, 4.69) is 25.2 Å². The topological polar surface area (TPSA) is 52.9 Å². The maximum Gasteiger partial charge on any atom is 0.240 e. The van der Waals surface area contributed by atoms with Gasteiger partial charge in [-0.25, -0.2) is 0 Å². The van der Waals surface area contributed by atoms with E-state index in [-0.39, 0.29) is 11.9 Å². The van der Waals surface area contributed by atoms with Crippen LogP contribution in [0.2, 0.25) is 0 Å². The number of hydrogen-bond donors (Lipinski definition) is 1. The van der Waals surface area contributed by atoms with E-state index in [9.17, 15) is 10.1 Å². The summed E-state index contributed by atoms with van der Waals surface area (Å²) in [7, 11) is 0. The molecule has 17 heavy (non-hydrogen) atoms. The fraction of sp³-hybridized carbons (Fsp3) is 0.857. The third-order valence-electron chi connectivity index (χ3n) is 3.69. The van der Waals surface area contributed by atoms with Gasteiger partial charge in [0.05, 0.1) is 6.07 Å². The smallest absolute Gasteiger partial charge is 0.240 e. The summed E-state index contributed by atoms with van der Waals surface area (Å²) >= 11 is 0. The summed E-state index contributed by atoms with van der Waals surface area (Å²) < 4.78 is 0. The van der Waals surface area contributed by atoms with Crippen LogP contribution in [0.25, 0.3) is 0 Å². The van der Waals surface area contributed by atoms with Gasteiger partial charge in [-0.3, -0.25) is 4.79 Å². The van der Waals surface area contributed by atoms with E-state index in [1.54, 1.807) is 0 Å². The Morgan fingerprint density at radius 2 is 1.82 bits per heavy atom. The molecular formula is C14H26N2O. The van der Waals surface area contributed by atoms with Crippen molar-refractivity contribution < 1.29 is 4.79 Å². The molecule has 0 aliphatic carbocycles. The highest BCUT2D eigenvalue weighted by Gasteiger charge is 2.35. The first-order valence-corrected chi connectivity index (χ1v) is 6.67. The molecule has 0 aromatic carbocycles. The predicted octanol–water partition coefficient (Wildman–Crippen LogP) is 3.26. The molecule has 3 heteroatoms. The number of nitrogens with one attached hydrogen (secondary N) is 1. The van der Waals surface area contributed by atoms with Crippen LogP contribution in [0.1, 0.15) is 60.3 Å². The summed E-state index contributed by atoms with van der Waals surface area (Å²) in [4.78, 5) is 12.1. The van der Waals surface area contributed by atoms with Crippen molar-refractivity contribution >= 4 is 5.91 Å². The van der Waals surface area contributed by atoms with Gasteiger partial charge in [0.1, 0.15) is 5.41 Å². The minimum absolute atomic E-state index is 0.110. The number of amides is 1. The Kier molecular flexibility index (Phi) is 6.87. The van der Waals surface area contributed by atoms with Gasteiger partial charge in [-0.1, -0.05) is 34.1 Å². The summed E-state index contributed by atoms with van der Waals surface area (Å²) in [6.45, 7) is 10.1. The lowest BCUT2D eigenvalue weighted by atomic mass is 9.82. The number of nitriles is 1. The zero-order chi connectivity index (χ0) is 13.5. The largest absolute Gasteiger partial charge is 0.352 e. The van der Waals surface area contributed by atoms with Crippen molar-refractivity contribution in [1.29, 1.82) is 5.26 Å². The van der Waals surface area contributed by atoms with E-state index >= 15 is 0 Å². The monoisotopic (exact) mass is 238 g/mol. The van der Waals surface area contributed by atoms with Crippen LogP contribution in [0, 0.1) is 22.7 Å². The van der Waals surface area contributed by atoms with E-state index in [0.717, 1.165) is 12.8 Å². The average Bonchev–Trinajstić information content (AvgIpc) is 2.31. The molecule has 0 spiro atoms. The molecule has 1 amide bonds. The Bertz CT molecular complexity index is 276. The van der Waals surface area contributed by atoms with Crippen LogP contribution in [0.5, 0.6) is 0 Å². The van der Waals surface area contributed by atoms with Crippen LogP contribution in [0.3, 0.4) is 0 Å². The van der Waals surface area contributed by atoms with Gasteiger partial charge in [-0.2, -0.15) is 5.26 Å². The molecule has 0 aliphatic heterocycles. The average molecular weight is 238 g/mol. The molecule has 1 N–H and O–H groups in total. The highest BCUT2D eigenvalue weighted by atomic mass is 16.2. The van der Waals surface area contributed by atoms with Crippen LogP contribution in [0.15, 0.2) is 0 Å². The molecule has 0 bridgehead atoms. The molecular weight excluding hydrogens is 212 g/mol. The maximum absolute atomic E-state index is 12.1. The molecule has 0 saturated heterocycles. The molecule has 2 unspecified atom stereocenters. The van der Waals surface area contributed by atoms with E-state index < -0.39 is 5.41 Å². The van der Waals surface area contributed by atoms with Gasteiger partial charge in [-0.15, -0.1) is 0 Å². The number of rotatable bonds is 7. The van der Waals surface area contributed by atoms with Crippen LogP contribution in [0.4, 0.5) is 0 Å². The number of carbonyl (C=O) groups excluding carboxylic acids is 1. The van der Waals surface area contributed by atoms with Crippen LogP contribution >= 0.6 is 0 Å². The Morgan fingerprint density at radius 1 is 1.29 bits per heavy atom. The molecule has 0 saturated carbocycles. The van der Waals surface area contributed by atoms with Crippen LogP contribution < -0.4 is 5.32 Å². The third-order valence-corrected chi connectivity index (χ3v) is 3.69. The van der Waals surface area contributed by atoms with Crippen molar-refractivity contribution in [2.75, 3.05) is 0 Å². The van der Waals surface area contributed by atoms with E-state index in [1.165, 1.54) is 0 Å². The maximum atomic E-state index is 12.1. The predicted molar refractivity (Wildman–Crippen MR) is 70.3 cm³/mol. The van der Waals surface area contributed by atoms with E-state index in [1.807, 2.05) is 20.8 Å². The van der Waals surface area contributed by atoms with Crippen molar-refractivity contribution in [2.45, 2.75) is 66.3 Å². The minimum Gasteiger partial charge on any atom is -0.352 e. The summed E-state index contributed by atoms with van der Waals surface area (Å²) in [5, 5.41) is 12.2. The van der Waals surface area contributed by atoms with Gasteiger partial charge in [0.15, 0.2) is 0 Å². The van der Waals surface area contributed by atoms with Crippen molar-refractivity contribution in [3.8, 4) is 6.07 Å². The molecule has 0 heterocycles. The SMILES string of the molecule is CCC(C)CC(C)NC(=O)C(C#N)(CC)CC. The van der Waals surface area contributed by atoms with Gasteiger partial charge < -0.3 is 5.32 Å². The molecule has 0 radical (unpaired) electrons. The second-order valence-electron chi connectivity index (χ2n) is 5.02. The Balaban J connectivity index is 4.48. The van der Waals surface area contributed by atoms with E-state index in [0.29, 0.717) is 18.8 Å². The van der Waals surface area contributed by atoms with Crippen molar-refractivity contribution in [3.63, 3.8) is 0 Å². The molecule has 0 fully saturated rings. The second-order valence-corrected chi connectivity index (χ2v) is 5.02. The minimum atomic E-state index is -0.844. The quantitative estimate of drug-likeness (QED) is 0.740. The summed E-state index contributed by atoms with van der Waals surface area (Å²) in [5.74, 6) is 0.492. The lowest BCUT2D eigenvalue weighted by Crippen LogP contribution is -2.44. The lowest BCUT2D eigenvalue weighted by Gasteiger charge is -2.26. The molecule has 0 aromatic rings. The Morgan fingerprint density at radius 3 is 2.18 bits per heavy atom. The van der Waals surface area contributed by atoms with Gasteiger partial charge in [0.25, 0.3) is 0 Å². The molecule has 98 valence electrons. The van der Waals surface area contributed by atoms with Gasteiger partial charge >= 0.3 is 0 Å². The standard InChI is InChI=1S/C14H26N2O/c1-6-11(4)9-12(5)16-13(17)14(7-2,8-3)10-15/h11-12H,6-9H2,1-5H3,(H,16,17). The first kappa shape index (κ1) is 16.0. The fourth-order valence-electron chi connectivity index (χ4n) is 1.97. The van der Waals surface area contributed by atoms with Gasteiger partial charge in [-0.05, 0) is 32.1 Å². The van der Waals surface area contributed by atoms with Crippen molar-refractivity contribution in [2.24, 2.45) is 11.3 Å². The number of hydrogen-bond acceptors (Lipinski definition) is 2. The summed E-state index contributed by atoms with van der Waals surface area (Å²) in [6.07, 6.45) is 3.23. The van der Waals surface area contributed by atoms with Crippen LogP contribution in [-0.2, 0) is 4.79 Å². The number of nitrogens with zero attached hydrogens (tertiary/aromatic N) is 1. The van der Waals surface area contributed by atoms with Gasteiger partial charge in [0.2, 0.25) is 5.91 Å². The normalized spacial score (nSPS) is 14.8. The molecule has 0 aliphatic rings. The van der Waals surface area contributed by atoms with Crippen molar-refractivity contribution in [3.05, 3.63) is 0 Å². The zero-order valence-corrected chi connectivity index (χ0v) is 11.8. The summed E-state index contributed by atoms with van der Waals surface area (Å²) in [5.41, 5.74) is -0.844. The third kappa shape index (κ3) is 4.38. The fourth-order valence-corrected chi connectivity index (χ4v) is 1.97. The molecule has 0 aromatic heterocycles. The number of carbonyl (C=O) groups is 1. The zero-order valence-electron chi connectivity index (χ0n) is 11.8. The van der Waals surface area contributed by atoms with Crippen LogP contribution in [-0.4, -0.2) is 11.9 Å². The first-order valence-electron chi connectivity index (χ1n) is 6.67. The Labute approximate surface area is 106 Å². The van der Waals surface area contributed by atoms with Crippen molar-refractivity contribution in [1.82, 2.24) is 5.32 Å². The molecule has 2 atom stereocenters. The summed E-state index contributed by atoms with van der Waals surface area (Å²) in [6, 6.07) is 2.32.